The third-order valence-electron chi connectivity index (χ3n) is 3.25. The van der Waals surface area contributed by atoms with Gasteiger partial charge in [0.2, 0.25) is 10.0 Å². The van der Waals surface area contributed by atoms with Crippen LogP contribution in [0.5, 0.6) is 0 Å². The molecule has 0 fully saturated rings. The van der Waals surface area contributed by atoms with Crippen LogP contribution < -0.4 is 5.73 Å². The minimum absolute atomic E-state index is 0.203. The van der Waals surface area contributed by atoms with Crippen LogP contribution >= 0.6 is 0 Å². The largest absolute Gasteiger partial charge is 0.324 e. The molecule has 0 aliphatic rings. The van der Waals surface area contributed by atoms with E-state index in [1.54, 1.807) is 49.8 Å². The molecule has 2 rings (SSSR count). The maximum absolute atomic E-state index is 12.6. The molecule has 1 aromatic heterocycles. The number of aromatic nitrogens is 1. The Morgan fingerprint density at radius 2 is 1.90 bits per heavy atom. The first kappa shape index (κ1) is 15.6. The lowest BCUT2D eigenvalue weighted by atomic mass is 10.1. The first-order valence-corrected chi connectivity index (χ1v) is 8.06. The van der Waals surface area contributed by atoms with Gasteiger partial charge in [-0.2, -0.15) is 4.31 Å². The van der Waals surface area contributed by atoms with Gasteiger partial charge in [-0.3, -0.25) is 4.98 Å². The summed E-state index contributed by atoms with van der Waals surface area (Å²) in [7, 11) is -1.97. The fourth-order valence-corrected chi connectivity index (χ4v) is 3.18. The van der Waals surface area contributed by atoms with Crippen LogP contribution in [0.25, 0.3) is 0 Å². The molecule has 0 bridgehead atoms. The van der Waals surface area contributed by atoms with E-state index in [2.05, 4.69) is 4.98 Å². The van der Waals surface area contributed by atoms with Gasteiger partial charge in [-0.25, -0.2) is 8.42 Å². The SMILES string of the molecule is CC(N)c1cccc(S(=O)(=O)N(C)Cc2ccncc2)c1. The number of sulfonamides is 1. The fourth-order valence-electron chi connectivity index (χ4n) is 1.97. The van der Waals surface area contributed by atoms with Crippen LogP contribution in [0.1, 0.15) is 24.1 Å². The van der Waals surface area contributed by atoms with E-state index in [-0.39, 0.29) is 10.9 Å². The summed E-state index contributed by atoms with van der Waals surface area (Å²) in [5, 5.41) is 0. The van der Waals surface area contributed by atoms with Gasteiger partial charge >= 0.3 is 0 Å². The molecule has 21 heavy (non-hydrogen) atoms. The molecule has 5 nitrogen and oxygen atoms in total. The lowest BCUT2D eigenvalue weighted by Crippen LogP contribution is -2.26. The molecule has 1 unspecified atom stereocenters. The maximum Gasteiger partial charge on any atom is 0.243 e. The molecule has 2 N–H and O–H groups in total. The van der Waals surface area contributed by atoms with Crippen molar-refractivity contribution in [2.45, 2.75) is 24.4 Å². The van der Waals surface area contributed by atoms with E-state index in [1.165, 1.54) is 4.31 Å². The summed E-state index contributed by atoms with van der Waals surface area (Å²) >= 11 is 0. The van der Waals surface area contributed by atoms with Gasteiger partial charge in [-0.15, -0.1) is 0 Å². The van der Waals surface area contributed by atoms with Crippen molar-refractivity contribution in [3.05, 3.63) is 59.9 Å². The first-order valence-electron chi connectivity index (χ1n) is 6.62. The van der Waals surface area contributed by atoms with Gasteiger partial charge in [0.05, 0.1) is 4.90 Å². The van der Waals surface area contributed by atoms with E-state index in [4.69, 9.17) is 5.73 Å². The van der Waals surface area contributed by atoms with E-state index < -0.39 is 10.0 Å². The molecule has 0 saturated carbocycles. The van der Waals surface area contributed by atoms with Gasteiger partial charge in [-0.05, 0) is 42.3 Å². The Labute approximate surface area is 125 Å². The fraction of sp³-hybridized carbons (Fsp3) is 0.267. The average Bonchev–Trinajstić information content (AvgIpc) is 2.48. The van der Waals surface area contributed by atoms with E-state index in [9.17, 15) is 8.42 Å². The van der Waals surface area contributed by atoms with Crippen LogP contribution in [-0.4, -0.2) is 24.8 Å². The van der Waals surface area contributed by atoms with Crippen LogP contribution in [0.2, 0.25) is 0 Å². The standard InChI is InChI=1S/C15H19N3O2S/c1-12(16)14-4-3-5-15(10-14)21(19,20)18(2)11-13-6-8-17-9-7-13/h3-10,12H,11,16H2,1-2H3. The Morgan fingerprint density at radius 1 is 1.24 bits per heavy atom. The van der Waals surface area contributed by atoms with Crippen LogP contribution in [0.3, 0.4) is 0 Å². The summed E-state index contributed by atoms with van der Waals surface area (Å²) in [6.45, 7) is 2.12. The second-order valence-electron chi connectivity index (χ2n) is 4.98. The number of nitrogens with zero attached hydrogens (tertiary/aromatic N) is 2. The van der Waals surface area contributed by atoms with E-state index >= 15 is 0 Å². The highest BCUT2D eigenvalue weighted by Crippen LogP contribution is 2.20. The van der Waals surface area contributed by atoms with E-state index in [0.29, 0.717) is 6.54 Å². The molecule has 0 aliphatic carbocycles. The van der Waals surface area contributed by atoms with Crippen LogP contribution in [0.15, 0.2) is 53.7 Å². The summed E-state index contributed by atoms with van der Waals surface area (Å²) in [6.07, 6.45) is 3.29. The number of hydrogen-bond donors (Lipinski definition) is 1. The normalized spacial score (nSPS) is 13.3. The van der Waals surface area contributed by atoms with Gasteiger partial charge in [-0.1, -0.05) is 12.1 Å². The third kappa shape index (κ3) is 3.66. The zero-order chi connectivity index (χ0) is 15.5. The molecule has 0 amide bonds. The third-order valence-corrected chi connectivity index (χ3v) is 5.05. The predicted octanol–water partition coefficient (Wildman–Crippen LogP) is 1.92. The topological polar surface area (TPSA) is 76.3 Å². The van der Waals surface area contributed by atoms with E-state index in [0.717, 1.165) is 11.1 Å². The maximum atomic E-state index is 12.6. The lowest BCUT2D eigenvalue weighted by molar-refractivity contribution is 0.466. The minimum atomic E-state index is -3.54. The molecule has 112 valence electrons. The summed E-state index contributed by atoms with van der Waals surface area (Å²) in [5.41, 5.74) is 7.50. The van der Waals surface area contributed by atoms with Crippen LogP contribution in [-0.2, 0) is 16.6 Å². The Balaban J connectivity index is 2.27. The number of nitrogens with two attached hydrogens (primary N) is 1. The van der Waals surface area contributed by atoms with Crippen molar-refractivity contribution >= 4 is 10.0 Å². The first-order chi connectivity index (χ1) is 9.91. The van der Waals surface area contributed by atoms with Gasteiger partial charge < -0.3 is 5.73 Å². The van der Waals surface area contributed by atoms with Gasteiger partial charge in [0.1, 0.15) is 0 Å². The van der Waals surface area contributed by atoms with Crippen molar-refractivity contribution in [1.29, 1.82) is 0 Å². The molecule has 6 heteroatoms. The second kappa shape index (κ2) is 6.34. The highest BCUT2D eigenvalue weighted by Gasteiger charge is 2.21. The Bertz CT molecular complexity index is 700. The quantitative estimate of drug-likeness (QED) is 0.915. The minimum Gasteiger partial charge on any atom is -0.324 e. The summed E-state index contributed by atoms with van der Waals surface area (Å²) in [5.74, 6) is 0. The molecule has 1 atom stereocenters. The van der Waals surface area contributed by atoms with Crippen molar-refractivity contribution < 1.29 is 8.42 Å². The van der Waals surface area contributed by atoms with Crippen molar-refractivity contribution in [2.75, 3.05) is 7.05 Å². The number of hydrogen-bond acceptors (Lipinski definition) is 4. The monoisotopic (exact) mass is 305 g/mol. The number of rotatable bonds is 5. The van der Waals surface area contributed by atoms with Gasteiger partial charge in [0.25, 0.3) is 0 Å². The number of pyridine rings is 1. The Kier molecular flexibility index (Phi) is 4.72. The van der Waals surface area contributed by atoms with Crippen LogP contribution in [0.4, 0.5) is 0 Å². The molecule has 0 spiro atoms. The Morgan fingerprint density at radius 3 is 2.52 bits per heavy atom. The molecule has 0 saturated heterocycles. The average molecular weight is 305 g/mol. The smallest absolute Gasteiger partial charge is 0.243 e. The highest BCUT2D eigenvalue weighted by atomic mass is 32.2. The number of benzene rings is 1. The molecule has 1 heterocycles. The van der Waals surface area contributed by atoms with E-state index in [1.807, 2.05) is 13.0 Å². The summed E-state index contributed by atoms with van der Waals surface area (Å²) in [6, 6.07) is 10.1. The van der Waals surface area contributed by atoms with Crippen molar-refractivity contribution in [3.63, 3.8) is 0 Å². The molecule has 0 radical (unpaired) electrons. The highest BCUT2D eigenvalue weighted by molar-refractivity contribution is 7.89. The van der Waals surface area contributed by atoms with Crippen molar-refractivity contribution in [3.8, 4) is 0 Å². The lowest BCUT2D eigenvalue weighted by Gasteiger charge is -2.18. The summed E-state index contributed by atoms with van der Waals surface area (Å²) < 4.78 is 26.5. The molecular weight excluding hydrogens is 286 g/mol. The summed E-state index contributed by atoms with van der Waals surface area (Å²) in [4.78, 5) is 4.18. The zero-order valence-corrected chi connectivity index (χ0v) is 12.9. The molecule has 2 aromatic rings. The van der Waals surface area contributed by atoms with Gasteiger partial charge in [0, 0.05) is 32.0 Å². The van der Waals surface area contributed by atoms with Gasteiger partial charge in [0.15, 0.2) is 0 Å². The van der Waals surface area contributed by atoms with Crippen molar-refractivity contribution in [2.24, 2.45) is 5.73 Å². The molecule has 0 aliphatic heterocycles. The Hall–Kier alpha value is -1.76. The molecular formula is C15H19N3O2S. The second-order valence-corrected chi connectivity index (χ2v) is 7.02. The van der Waals surface area contributed by atoms with Crippen molar-refractivity contribution in [1.82, 2.24) is 9.29 Å². The predicted molar refractivity (Wildman–Crippen MR) is 81.9 cm³/mol. The van der Waals surface area contributed by atoms with Crippen LogP contribution in [0, 0.1) is 0 Å². The zero-order valence-electron chi connectivity index (χ0n) is 12.1. The molecule has 1 aromatic carbocycles.